The second kappa shape index (κ2) is 8.15. The summed E-state index contributed by atoms with van der Waals surface area (Å²) in [6, 6.07) is 8.56. The summed E-state index contributed by atoms with van der Waals surface area (Å²) in [7, 11) is 2.18. The molecule has 0 bridgehead atoms. The predicted molar refractivity (Wildman–Crippen MR) is 80.9 cm³/mol. The van der Waals surface area contributed by atoms with E-state index in [9.17, 15) is 0 Å². The van der Waals surface area contributed by atoms with E-state index in [1.54, 1.807) is 0 Å². The zero-order valence-corrected chi connectivity index (χ0v) is 12.2. The number of unbranched alkanes of at least 4 members (excludes halogenated alkanes) is 1. The van der Waals surface area contributed by atoms with Crippen molar-refractivity contribution in [3.63, 3.8) is 0 Å². The summed E-state index contributed by atoms with van der Waals surface area (Å²) in [6.45, 7) is 6.32. The molecule has 0 spiro atoms. The summed E-state index contributed by atoms with van der Waals surface area (Å²) in [5, 5.41) is 0. The van der Waals surface area contributed by atoms with Crippen LogP contribution in [0.4, 0.5) is 5.69 Å². The number of hydrogen-bond acceptors (Lipinski definition) is 2. The SMILES string of the molecule is CCCCC(CC)CN(C)c1cccc(CN)c1. The first-order valence-corrected chi connectivity index (χ1v) is 7.21. The van der Waals surface area contributed by atoms with Crippen molar-refractivity contribution in [2.24, 2.45) is 11.7 Å². The van der Waals surface area contributed by atoms with Gasteiger partial charge >= 0.3 is 0 Å². The predicted octanol–water partition coefficient (Wildman–Crippen LogP) is 3.80. The lowest BCUT2D eigenvalue weighted by atomic mass is 9.98. The minimum absolute atomic E-state index is 0.620. The fourth-order valence-electron chi connectivity index (χ4n) is 2.33. The molecule has 2 nitrogen and oxygen atoms in total. The number of anilines is 1. The topological polar surface area (TPSA) is 29.3 Å². The number of benzene rings is 1. The largest absolute Gasteiger partial charge is 0.374 e. The average Bonchev–Trinajstić information content (AvgIpc) is 2.43. The van der Waals surface area contributed by atoms with Crippen molar-refractivity contribution < 1.29 is 0 Å². The van der Waals surface area contributed by atoms with Gasteiger partial charge in [0.15, 0.2) is 0 Å². The Bertz CT molecular complexity index is 336. The number of rotatable bonds is 8. The van der Waals surface area contributed by atoms with E-state index in [0.717, 1.165) is 12.5 Å². The van der Waals surface area contributed by atoms with Crippen LogP contribution in [-0.2, 0) is 6.54 Å². The second-order valence-electron chi connectivity index (χ2n) is 5.17. The van der Waals surface area contributed by atoms with Gasteiger partial charge in [-0.15, -0.1) is 0 Å². The van der Waals surface area contributed by atoms with Crippen molar-refractivity contribution in [1.29, 1.82) is 0 Å². The van der Waals surface area contributed by atoms with E-state index >= 15 is 0 Å². The number of nitrogens with two attached hydrogens (primary N) is 1. The molecule has 0 aliphatic heterocycles. The van der Waals surface area contributed by atoms with Gasteiger partial charge in [-0.1, -0.05) is 45.2 Å². The molecule has 0 saturated heterocycles. The smallest absolute Gasteiger partial charge is 0.0366 e. The third-order valence-electron chi connectivity index (χ3n) is 3.66. The Balaban J connectivity index is 2.59. The zero-order chi connectivity index (χ0) is 13.4. The fraction of sp³-hybridized carbons (Fsp3) is 0.625. The molecule has 0 fully saturated rings. The van der Waals surface area contributed by atoms with Gasteiger partial charge in [-0.3, -0.25) is 0 Å². The highest BCUT2D eigenvalue weighted by Crippen LogP contribution is 2.19. The third kappa shape index (κ3) is 4.69. The summed E-state index contributed by atoms with van der Waals surface area (Å²) in [6.07, 6.45) is 5.24. The average molecular weight is 248 g/mol. The maximum Gasteiger partial charge on any atom is 0.0366 e. The van der Waals surface area contributed by atoms with Gasteiger partial charge in [-0.2, -0.15) is 0 Å². The summed E-state index contributed by atoms with van der Waals surface area (Å²) in [5.74, 6) is 0.802. The van der Waals surface area contributed by atoms with Crippen LogP contribution in [0.5, 0.6) is 0 Å². The second-order valence-corrected chi connectivity index (χ2v) is 5.17. The fourth-order valence-corrected chi connectivity index (χ4v) is 2.33. The lowest BCUT2D eigenvalue weighted by molar-refractivity contribution is 0.453. The monoisotopic (exact) mass is 248 g/mol. The molecule has 0 heterocycles. The standard InChI is InChI=1S/C16H28N2/c1-4-6-8-14(5-2)13-18(3)16-10-7-9-15(11-16)12-17/h7,9-11,14H,4-6,8,12-13,17H2,1-3H3. The highest BCUT2D eigenvalue weighted by Gasteiger charge is 2.10. The lowest BCUT2D eigenvalue weighted by Gasteiger charge is -2.25. The van der Waals surface area contributed by atoms with Crippen LogP contribution in [-0.4, -0.2) is 13.6 Å². The van der Waals surface area contributed by atoms with Gasteiger partial charge in [0, 0.05) is 25.8 Å². The van der Waals surface area contributed by atoms with Crippen LogP contribution in [0, 0.1) is 5.92 Å². The maximum atomic E-state index is 5.69. The molecule has 0 aliphatic carbocycles. The number of hydrogen-bond donors (Lipinski definition) is 1. The van der Waals surface area contributed by atoms with E-state index in [1.807, 2.05) is 0 Å². The molecule has 102 valence electrons. The van der Waals surface area contributed by atoms with E-state index in [0.29, 0.717) is 6.54 Å². The first kappa shape index (κ1) is 15.0. The normalized spacial score (nSPS) is 12.4. The van der Waals surface area contributed by atoms with E-state index in [1.165, 1.54) is 36.9 Å². The molecule has 0 amide bonds. The zero-order valence-electron chi connectivity index (χ0n) is 12.2. The molecule has 0 saturated carbocycles. The van der Waals surface area contributed by atoms with Gasteiger partial charge in [0.25, 0.3) is 0 Å². The van der Waals surface area contributed by atoms with Gasteiger partial charge in [0.2, 0.25) is 0 Å². The molecule has 1 aromatic rings. The summed E-state index contributed by atoms with van der Waals surface area (Å²) < 4.78 is 0. The van der Waals surface area contributed by atoms with E-state index < -0.39 is 0 Å². The Morgan fingerprint density at radius 1 is 1.28 bits per heavy atom. The van der Waals surface area contributed by atoms with Gasteiger partial charge in [0.1, 0.15) is 0 Å². The van der Waals surface area contributed by atoms with Crippen LogP contribution in [0.2, 0.25) is 0 Å². The highest BCUT2D eigenvalue weighted by atomic mass is 15.1. The molecular formula is C16H28N2. The van der Waals surface area contributed by atoms with E-state index in [4.69, 9.17) is 5.73 Å². The Kier molecular flexibility index (Phi) is 6.81. The summed E-state index contributed by atoms with van der Waals surface area (Å²) in [4.78, 5) is 2.36. The maximum absolute atomic E-state index is 5.69. The third-order valence-corrected chi connectivity index (χ3v) is 3.66. The van der Waals surface area contributed by atoms with Crippen LogP contribution < -0.4 is 10.6 Å². The molecule has 1 rings (SSSR count). The van der Waals surface area contributed by atoms with Crippen molar-refractivity contribution in [3.8, 4) is 0 Å². The highest BCUT2D eigenvalue weighted by molar-refractivity contribution is 5.47. The molecule has 1 unspecified atom stereocenters. The van der Waals surface area contributed by atoms with Crippen LogP contribution in [0.25, 0.3) is 0 Å². The Labute approximate surface area is 112 Å². The minimum Gasteiger partial charge on any atom is -0.374 e. The van der Waals surface area contributed by atoms with Crippen molar-refractivity contribution in [3.05, 3.63) is 29.8 Å². The van der Waals surface area contributed by atoms with Crippen molar-refractivity contribution >= 4 is 5.69 Å². The van der Waals surface area contributed by atoms with Crippen LogP contribution in [0.3, 0.4) is 0 Å². The molecule has 2 heteroatoms. The number of nitrogens with zero attached hydrogens (tertiary/aromatic N) is 1. The van der Waals surface area contributed by atoms with Crippen LogP contribution in [0.15, 0.2) is 24.3 Å². The van der Waals surface area contributed by atoms with Crippen molar-refractivity contribution in [2.75, 3.05) is 18.5 Å². The molecule has 0 radical (unpaired) electrons. The van der Waals surface area contributed by atoms with Crippen molar-refractivity contribution in [2.45, 2.75) is 46.1 Å². The molecule has 18 heavy (non-hydrogen) atoms. The Hall–Kier alpha value is -1.02. The molecule has 1 aromatic carbocycles. The van der Waals surface area contributed by atoms with Gasteiger partial charge < -0.3 is 10.6 Å². The molecule has 2 N–H and O–H groups in total. The lowest BCUT2D eigenvalue weighted by Crippen LogP contribution is -2.25. The first-order valence-electron chi connectivity index (χ1n) is 7.21. The van der Waals surface area contributed by atoms with Crippen LogP contribution >= 0.6 is 0 Å². The van der Waals surface area contributed by atoms with E-state index in [-0.39, 0.29) is 0 Å². The first-order chi connectivity index (χ1) is 8.71. The van der Waals surface area contributed by atoms with Gasteiger partial charge in [-0.25, -0.2) is 0 Å². The molecule has 1 atom stereocenters. The molecule has 0 aliphatic rings. The molecule has 0 aromatic heterocycles. The quantitative estimate of drug-likeness (QED) is 0.758. The molecular weight excluding hydrogens is 220 g/mol. The minimum atomic E-state index is 0.620. The Morgan fingerprint density at radius 2 is 2.06 bits per heavy atom. The van der Waals surface area contributed by atoms with Gasteiger partial charge in [-0.05, 0) is 30.0 Å². The summed E-state index contributed by atoms with van der Waals surface area (Å²) >= 11 is 0. The van der Waals surface area contributed by atoms with Crippen molar-refractivity contribution in [1.82, 2.24) is 0 Å². The van der Waals surface area contributed by atoms with Crippen LogP contribution in [0.1, 0.15) is 45.1 Å². The summed E-state index contributed by atoms with van der Waals surface area (Å²) in [5.41, 5.74) is 8.19. The van der Waals surface area contributed by atoms with Gasteiger partial charge in [0.05, 0.1) is 0 Å². The van der Waals surface area contributed by atoms with E-state index in [2.05, 4.69) is 50.1 Å². The Morgan fingerprint density at radius 3 is 2.67 bits per heavy atom.